The fraction of sp³-hybridized carbons (Fsp3) is 0.429. The molecule has 0 aliphatic rings. The third-order valence-electron chi connectivity index (χ3n) is 2.80. The minimum Gasteiger partial charge on any atom is -0.389 e. The van der Waals surface area contributed by atoms with Crippen LogP contribution in [0.25, 0.3) is 0 Å². The van der Waals surface area contributed by atoms with Gasteiger partial charge in [0.1, 0.15) is 4.99 Å². The molecule has 0 spiro atoms. The van der Waals surface area contributed by atoms with Crippen LogP contribution in [0.2, 0.25) is 0 Å². The molecule has 1 rings (SSSR count). The van der Waals surface area contributed by atoms with E-state index in [0.29, 0.717) is 18.1 Å². The van der Waals surface area contributed by atoms with Gasteiger partial charge in [0.2, 0.25) is 5.91 Å². The minimum absolute atomic E-state index is 0.0238. The smallest absolute Gasteiger partial charge is 0.239 e. The number of thiocarbonyl (C=S) groups is 1. The highest BCUT2D eigenvalue weighted by atomic mass is 32.1. The number of nitrogens with two attached hydrogens (primary N) is 1. The number of hydrogen-bond donors (Lipinski definition) is 2. The minimum atomic E-state index is -0.0238. The number of rotatable bonds is 8. The Hall–Kier alpha value is -1.66. The molecule has 0 heterocycles. The Morgan fingerprint density at radius 2 is 2.25 bits per heavy atom. The van der Waals surface area contributed by atoms with E-state index in [1.165, 1.54) is 0 Å². The highest BCUT2D eigenvalue weighted by Crippen LogP contribution is 2.14. The number of ether oxygens (including phenoxy) is 1. The molecule has 0 saturated carbocycles. The summed E-state index contributed by atoms with van der Waals surface area (Å²) in [7, 11) is 3.50. The summed E-state index contributed by atoms with van der Waals surface area (Å²) < 4.78 is 4.92. The molecule has 0 radical (unpaired) electrons. The molecule has 20 heavy (non-hydrogen) atoms. The summed E-state index contributed by atoms with van der Waals surface area (Å²) in [5.74, 6) is -0.0238. The molecular weight excluding hydrogens is 274 g/mol. The third kappa shape index (κ3) is 5.54. The number of benzene rings is 1. The van der Waals surface area contributed by atoms with E-state index in [1.54, 1.807) is 7.11 Å². The predicted molar refractivity (Wildman–Crippen MR) is 85.1 cm³/mol. The molecule has 1 amide bonds. The molecule has 0 aromatic heterocycles. The first kappa shape index (κ1) is 16.4. The fourth-order valence-electron chi connectivity index (χ4n) is 1.70. The Kier molecular flexibility index (Phi) is 6.97. The number of amides is 1. The number of carbonyl (C=O) groups excluding carboxylic acids is 1. The van der Waals surface area contributed by atoms with Crippen molar-refractivity contribution in [2.45, 2.75) is 6.42 Å². The summed E-state index contributed by atoms with van der Waals surface area (Å²) in [6.45, 7) is 1.55. The number of nitrogens with zero attached hydrogens (tertiary/aromatic N) is 1. The van der Waals surface area contributed by atoms with E-state index in [4.69, 9.17) is 22.7 Å². The Bertz CT molecular complexity index is 465. The van der Waals surface area contributed by atoms with E-state index in [0.717, 1.165) is 17.7 Å². The lowest BCUT2D eigenvalue weighted by Gasteiger charge is -2.19. The van der Waals surface area contributed by atoms with Crippen molar-refractivity contribution in [3.05, 3.63) is 29.8 Å². The Morgan fingerprint density at radius 3 is 2.90 bits per heavy atom. The molecule has 1 aromatic rings. The van der Waals surface area contributed by atoms with E-state index >= 15 is 0 Å². The first-order chi connectivity index (χ1) is 9.54. The molecule has 0 aliphatic carbocycles. The Morgan fingerprint density at radius 1 is 1.50 bits per heavy atom. The van der Waals surface area contributed by atoms with E-state index in [2.05, 4.69) is 5.32 Å². The molecular formula is C14H21N3O2S. The second-order valence-corrected chi connectivity index (χ2v) is 4.91. The summed E-state index contributed by atoms with van der Waals surface area (Å²) >= 11 is 4.95. The molecule has 0 aliphatic heterocycles. The van der Waals surface area contributed by atoms with Crippen molar-refractivity contribution >= 4 is 28.8 Å². The van der Waals surface area contributed by atoms with Gasteiger partial charge in [0.25, 0.3) is 0 Å². The standard InChI is InChI=1S/C14H21N3O2S/c1-17(10-13(18)16-7-4-8-19-2)12-6-3-5-11(9-12)14(15)20/h3,5-6,9H,4,7-8,10H2,1-2H3,(H2,15,20)(H,16,18). The molecule has 0 atom stereocenters. The molecule has 0 unspecified atom stereocenters. The fourth-order valence-corrected chi connectivity index (χ4v) is 1.83. The highest BCUT2D eigenvalue weighted by Gasteiger charge is 2.08. The molecule has 6 heteroatoms. The summed E-state index contributed by atoms with van der Waals surface area (Å²) in [4.78, 5) is 14.0. The van der Waals surface area contributed by atoms with Crippen molar-refractivity contribution in [1.29, 1.82) is 0 Å². The molecule has 0 saturated heterocycles. The largest absolute Gasteiger partial charge is 0.389 e. The van der Waals surface area contributed by atoms with Crippen molar-refractivity contribution in [2.75, 3.05) is 38.8 Å². The average Bonchev–Trinajstić information content (AvgIpc) is 2.43. The van der Waals surface area contributed by atoms with Crippen LogP contribution in [0.4, 0.5) is 5.69 Å². The maximum atomic E-state index is 11.8. The van der Waals surface area contributed by atoms with Crippen molar-refractivity contribution < 1.29 is 9.53 Å². The average molecular weight is 295 g/mol. The van der Waals surface area contributed by atoms with E-state index in [-0.39, 0.29) is 12.5 Å². The lowest BCUT2D eigenvalue weighted by atomic mass is 10.2. The van der Waals surface area contributed by atoms with Crippen LogP contribution >= 0.6 is 12.2 Å². The number of nitrogens with one attached hydrogen (secondary N) is 1. The molecule has 1 aromatic carbocycles. The van der Waals surface area contributed by atoms with Crippen LogP contribution in [0.1, 0.15) is 12.0 Å². The summed E-state index contributed by atoms with van der Waals surface area (Å²) in [5, 5.41) is 2.84. The van der Waals surface area contributed by atoms with Crippen molar-refractivity contribution in [3.8, 4) is 0 Å². The Balaban J connectivity index is 2.49. The highest BCUT2D eigenvalue weighted by molar-refractivity contribution is 7.80. The van der Waals surface area contributed by atoms with Gasteiger partial charge in [-0.05, 0) is 18.6 Å². The number of hydrogen-bond acceptors (Lipinski definition) is 4. The first-order valence-electron chi connectivity index (χ1n) is 6.41. The maximum absolute atomic E-state index is 11.8. The second-order valence-electron chi connectivity index (χ2n) is 4.47. The van der Waals surface area contributed by atoms with E-state index in [9.17, 15) is 4.79 Å². The molecule has 0 bridgehead atoms. The SMILES string of the molecule is COCCCNC(=O)CN(C)c1cccc(C(N)=S)c1. The van der Waals surface area contributed by atoms with Gasteiger partial charge >= 0.3 is 0 Å². The summed E-state index contributed by atoms with van der Waals surface area (Å²) in [6.07, 6.45) is 0.808. The van der Waals surface area contributed by atoms with Gasteiger partial charge in [-0.2, -0.15) is 0 Å². The number of anilines is 1. The molecule has 110 valence electrons. The topological polar surface area (TPSA) is 67.6 Å². The maximum Gasteiger partial charge on any atom is 0.239 e. The van der Waals surface area contributed by atoms with Crippen LogP contribution in [0.3, 0.4) is 0 Å². The molecule has 5 nitrogen and oxygen atoms in total. The Labute approximate surface area is 125 Å². The first-order valence-corrected chi connectivity index (χ1v) is 6.82. The van der Waals surface area contributed by atoms with Crippen LogP contribution < -0.4 is 16.0 Å². The lowest BCUT2D eigenvalue weighted by Crippen LogP contribution is -2.36. The normalized spacial score (nSPS) is 10.1. The van der Waals surface area contributed by atoms with Crippen molar-refractivity contribution in [1.82, 2.24) is 5.32 Å². The van der Waals surface area contributed by atoms with Crippen LogP contribution in [0.5, 0.6) is 0 Å². The van der Waals surface area contributed by atoms with Crippen LogP contribution in [0, 0.1) is 0 Å². The van der Waals surface area contributed by atoms with E-state index in [1.807, 2.05) is 36.2 Å². The zero-order chi connectivity index (χ0) is 15.0. The predicted octanol–water partition coefficient (Wildman–Crippen LogP) is 0.910. The quantitative estimate of drug-likeness (QED) is 0.551. The van der Waals surface area contributed by atoms with Gasteiger partial charge in [-0.3, -0.25) is 4.79 Å². The van der Waals surface area contributed by atoms with Gasteiger partial charge in [-0.15, -0.1) is 0 Å². The third-order valence-corrected chi connectivity index (χ3v) is 3.04. The molecule has 3 N–H and O–H groups in total. The van der Waals surface area contributed by atoms with Gasteiger partial charge < -0.3 is 20.7 Å². The number of methoxy groups -OCH3 is 1. The lowest BCUT2D eigenvalue weighted by molar-refractivity contribution is -0.119. The summed E-state index contributed by atoms with van der Waals surface area (Å²) in [5.41, 5.74) is 7.30. The number of carbonyl (C=O) groups is 1. The van der Waals surface area contributed by atoms with Gasteiger partial charge in [0.15, 0.2) is 0 Å². The van der Waals surface area contributed by atoms with E-state index < -0.39 is 0 Å². The second kappa shape index (κ2) is 8.50. The van der Waals surface area contributed by atoms with Gasteiger partial charge in [0, 0.05) is 38.6 Å². The number of likely N-dealkylation sites (N-methyl/N-ethyl adjacent to an activating group) is 1. The van der Waals surface area contributed by atoms with Gasteiger partial charge in [-0.25, -0.2) is 0 Å². The van der Waals surface area contributed by atoms with Crippen molar-refractivity contribution in [3.63, 3.8) is 0 Å². The van der Waals surface area contributed by atoms with Gasteiger partial charge in [-0.1, -0.05) is 24.4 Å². The van der Waals surface area contributed by atoms with Crippen LogP contribution in [-0.4, -0.2) is 44.7 Å². The van der Waals surface area contributed by atoms with Gasteiger partial charge in [0.05, 0.1) is 6.54 Å². The summed E-state index contributed by atoms with van der Waals surface area (Å²) in [6, 6.07) is 7.52. The van der Waals surface area contributed by atoms with Crippen LogP contribution in [-0.2, 0) is 9.53 Å². The zero-order valence-corrected chi connectivity index (χ0v) is 12.7. The van der Waals surface area contributed by atoms with Crippen LogP contribution in [0.15, 0.2) is 24.3 Å². The zero-order valence-electron chi connectivity index (χ0n) is 11.9. The van der Waals surface area contributed by atoms with Crippen molar-refractivity contribution in [2.24, 2.45) is 5.73 Å². The molecule has 0 fully saturated rings. The monoisotopic (exact) mass is 295 g/mol.